The highest BCUT2D eigenvalue weighted by molar-refractivity contribution is 7.89. The fraction of sp³-hybridized carbons (Fsp3) is 0.385. The molecule has 3 N–H and O–H groups in total. The van der Waals surface area contributed by atoms with E-state index in [0.29, 0.717) is 6.42 Å². The number of methoxy groups -OCH3 is 1. The Morgan fingerprint density at radius 1 is 1.08 bits per heavy atom. The van der Waals surface area contributed by atoms with Gasteiger partial charge in [-0.1, -0.05) is 36.8 Å². The maximum Gasteiger partial charge on any atom is 0.211 e. The van der Waals surface area contributed by atoms with Crippen LogP contribution in [-0.4, -0.2) is 42.0 Å². The van der Waals surface area contributed by atoms with E-state index in [4.69, 9.17) is 20.2 Å². The topological polar surface area (TPSA) is 121 Å². The summed E-state index contributed by atoms with van der Waals surface area (Å²) in [4.78, 5) is 9.35. The summed E-state index contributed by atoms with van der Waals surface area (Å²) >= 11 is 0. The third-order valence-corrected chi connectivity index (χ3v) is 7.39. The summed E-state index contributed by atoms with van der Waals surface area (Å²) in [6.45, 7) is 3.07. The Bertz CT molecular complexity index is 1400. The van der Waals surface area contributed by atoms with Crippen LogP contribution in [0.5, 0.6) is 5.75 Å². The molecule has 0 fully saturated rings. The lowest BCUT2D eigenvalue weighted by molar-refractivity contribution is 0.0564. The van der Waals surface area contributed by atoms with Gasteiger partial charge in [0.1, 0.15) is 17.5 Å². The minimum Gasteiger partial charge on any atom is -0.497 e. The highest BCUT2D eigenvalue weighted by atomic mass is 32.2. The summed E-state index contributed by atoms with van der Waals surface area (Å²) in [6, 6.07) is 15.3. The maximum absolute atomic E-state index is 12.4. The summed E-state index contributed by atoms with van der Waals surface area (Å²) in [7, 11) is -1.75. The number of nitrogens with one attached hydrogen (secondary N) is 1. The van der Waals surface area contributed by atoms with Crippen LogP contribution in [0.3, 0.4) is 0 Å². The lowest BCUT2D eigenvalue weighted by atomic mass is 10.1. The molecule has 0 aliphatic carbocycles. The SMILES string of the molecule is COc1ccc(CNS(=O)(=O)CCCCCn2cnc3c(COC(C)N)nc4ccccc4c32)cc1. The normalized spacial score (nSPS) is 12.9. The molecule has 2 heterocycles. The smallest absolute Gasteiger partial charge is 0.211 e. The van der Waals surface area contributed by atoms with Gasteiger partial charge < -0.3 is 19.8 Å². The highest BCUT2D eigenvalue weighted by Crippen LogP contribution is 2.26. The van der Waals surface area contributed by atoms with E-state index < -0.39 is 16.3 Å². The molecule has 1 atom stereocenters. The van der Waals surface area contributed by atoms with Gasteiger partial charge >= 0.3 is 0 Å². The minimum absolute atomic E-state index is 0.0967. The number of hydrogen-bond donors (Lipinski definition) is 2. The van der Waals surface area contributed by atoms with Crippen molar-refractivity contribution >= 4 is 32.0 Å². The lowest BCUT2D eigenvalue weighted by Gasteiger charge is -2.11. The monoisotopic (exact) mass is 511 g/mol. The van der Waals surface area contributed by atoms with Crippen molar-refractivity contribution in [2.45, 2.75) is 52.1 Å². The zero-order chi connectivity index (χ0) is 25.5. The molecule has 0 bridgehead atoms. The number of para-hydroxylation sites is 1. The minimum atomic E-state index is -3.35. The second kappa shape index (κ2) is 11.8. The fourth-order valence-electron chi connectivity index (χ4n) is 4.09. The van der Waals surface area contributed by atoms with Crippen molar-refractivity contribution in [3.63, 3.8) is 0 Å². The summed E-state index contributed by atoms with van der Waals surface area (Å²) < 4.78 is 40.3. The number of rotatable bonds is 13. The van der Waals surface area contributed by atoms with E-state index in [9.17, 15) is 8.42 Å². The van der Waals surface area contributed by atoms with E-state index in [0.717, 1.165) is 58.3 Å². The van der Waals surface area contributed by atoms with E-state index in [2.05, 4.69) is 14.3 Å². The van der Waals surface area contributed by atoms with Crippen molar-refractivity contribution in [2.75, 3.05) is 12.9 Å². The Morgan fingerprint density at radius 3 is 2.61 bits per heavy atom. The van der Waals surface area contributed by atoms with Gasteiger partial charge in [0.05, 0.1) is 42.5 Å². The summed E-state index contributed by atoms with van der Waals surface area (Å²) in [6.07, 6.45) is 3.63. The lowest BCUT2D eigenvalue weighted by Crippen LogP contribution is -2.25. The molecule has 36 heavy (non-hydrogen) atoms. The summed E-state index contributed by atoms with van der Waals surface area (Å²) in [5.41, 5.74) is 10.1. The van der Waals surface area contributed by atoms with Crippen molar-refractivity contribution in [1.29, 1.82) is 0 Å². The average Bonchev–Trinajstić information content (AvgIpc) is 3.30. The Hall–Kier alpha value is -3.05. The molecule has 1 unspecified atom stereocenters. The van der Waals surface area contributed by atoms with Gasteiger partial charge in [-0.3, -0.25) is 0 Å². The third-order valence-electron chi connectivity index (χ3n) is 5.98. The Kier molecular flexibility index (Phi) is 8.52. The van der Waals surface area contributed by atoms with E-state index in [1.165, 1.54) is 0 Å². The Morgan fingerprint density at radius 2 is 1.86 bits per heavy atom. The van der Waals surface area contributed by atoms with E-state index in [-0.39, 0.29) is 18.9 Å². The number of nitrogens with zero attached hydrogens (tertiary/aromatic N) is 3. The van der Waals surface area contributed by atoms with Gasteiger partial charge in [0.25, 0.3) is 0 Å². The van der Waals surface area contributed by atoms with Crippen LogP contribution in [0.25, 0.3) is 21.9 Å². The van der Waals surface area contributed by atoms with Gasteiger partial charge in [-0.05, 0) is 43.5 Å². The number of fused-ring (bicyclic) bond motifs is 3. The predicted molar refractivity (Wildman–Crippen MR) is 141 cm³/mol. The molecular weight excluding hydrogens is 478 g/mol. The molecule has 4 aromatic rings. The third kappa shape index (κ3) is 6.58. The average molecular weight is 512 g/mol. The number of aryl methyl sites for hydroxylation is 1. The van der Waals surface area contributed by atoms with E-state index >= 15 is 0 Å². The van der Waals surface area contributed by atoms with Crippen molar-refractivity contribution in [2.24, 2.45) is 5.73 Å². The van der Waals surface area contributed by atoms with Crippen LogP contribution in [0.2, 0.25) is 0 Å². The molecule has 0 aliphatic rings. The van der Waals surface area contributed by atoms with Crippen LogP contribution in [0.4, 0.5) is 0 Å². The number of pyridine rings is 1. The molecule has 0 radical (unpaired) electrons. The van der Waals surface area contributed by atoms with Gasteiger partial charge in [0.2, 0.25) is 10.0 Å². The summed E-state index contributed by atoms with van der Waals surface area (Å²) in [5, 5.41) is 1.03. The van der Waals surface area contributed by atoms with Crippen LogP contribution in [0.1, 0.15) is 37.4 Å². The molecule has 0 saturated carbocycles. The van der Waals surface area contributed by atoms with Crippen LogP contribution < -0.4 is 15.2 Å². The second-order valence-electron chi connectivity index (χ2n) is 8.78. The van der Waals surface area contributed by atoms with Crippen LogP contribution >= 0.6 is 0 Å². The zero-order valence-corrected chi connectivity index (χ0v) is 21.5. The van der Waals surface area contributed by atoms with Crippen molar-refractivity contribution < 1.29 is 17.9 Å². The molecular formula is C26H33N5O4S. The molecule has 0 amide bonds. The van der Waals surface area contributed by atoms with Crippen LogP contribution in [0.15, 0.2) is 54.9 Å². The second-order valence-corrected chi connectivity index (χ2v) is 10.7. The Labute approximate surface area is 211 Å². The number of sulfonamides is 1. The van der Waals surface area contributed by atoms with Gasteiger partial charge in [-0.25, -0.2) is 23.1 Å². The van der Waals surface area contributed by atoms with Crippen LogP contribution in [-0.2, 0) is 34.5 Å². The molecule has 2 aromatic carbocycles. The number of ether oxygens (including phenoxy) is 2. The quantitative estimate of drug-likeness (QED) is 0.207. The number of hydrogen-bond acceptors (Lipinski definition) is 7. The first kappa shape index (κ1) is 26.0. The number of nitrogens with two attached hydrogens (primary N) is 1. The standard InChI is InChI=1S/C26H33N5O4S/c1-19(27)35-17-24-25-26(22-8-4-5-9-23(22)30-24)31(18-28-25)14-6-3-7-15-36(32,33)29-16-20-10-12-21(34-2)13-11-20/h4-5,8-13,18-19,29H,3,6-7,14-17,27H2,1-2H3. The first-order valence-corrected chi connectivity index (χ1v) is 13.7. The molecule has 0 aliphatic heterocycles. The molecule has 2 aromatic heterocycles. The Balaban J connectivity index is 1.34. The first-order chi connectivity index (χ1) is 17.4. The zero-order valence-electron chi connectivity index (χ0n) is 20.7. The van der Waals surface area contributed by atoms with E-state index in [1.807, 2.05) is 54.9 Å². The molecule has 10 heteroatoms. The van der Waals surface area contributed by atoms with Gasteiger partial charge in [0, 0.05) is 18.5 Å². The molecule has 192 valence electrons. The van der Waals surface area contributed by atoms with Gasteiger partial charge in [-0.2, -0.15) is 0 Å². The highest BCUT2D eigenvalue weighted by Gasteiger charge is 2.15. The first-order valence-electron chi connectivity index (χ1n) is 12.1. The molecule has 0 saturated heterocycles. The number of benzene rings is 2. The molecule has 9 nitrogen and oxygen atoms in total. The van der Waals surface area contributed by atoms with Crippen LogP contribution in [0, 0.1) is 0 Å². The number of aromatic nitrogens is 3. The fourth-order valence-corrected chi connectivity index (χ4v) is 5.20. The summed E-state index contributed by atoms with van der Waals surface area (Å²) in [5.74, 6) is 0.839. The van der Waals surface area contributed by atoms with Gasteiger partial charge in [0.15, 0.2) is 0 Å². The van der Waals surface area contributed by atoms with Crippen molar-refractivity contribution in [1.82, 2.24) is 19.3 Å². The molecule has 0 spiro atoms. The van der Waals surface area contributed by atoms with Gasteiger partial charge in [-0.15, -0.1) is 0 Å². The van der Waals surface area contributed by atoms with Crippen molar-refractivity contribution in [3.05, 3.63) is 66.1 Å². The number of unbranched alkanes of at least 4 members (excludes halogenated alkanes) is 2. The van der Waals surface area contributed by atoms with E-state index in [1.54, 1.807) is 14.0 Å². The largest absolute Gasteiger partial charge is 0.497 e. The van der Waals surface area contributed by atoms with Crippen molar-refractivity contribution in [3.8, 4) is 5.75 Å². The molecule has 4 rings (SSSR count). The maximum atomic E-state index is 12.4. The predicted octanol–water partition coefficient (Wildman–Crippen LogP) is 3.70. The number of imidazole rings is 1.